The van der Waals surface area contributed by atoms with E-state index in [2.05, 4.69) is 9.97 Å². The largest absolute Gasteiger partial charge is 0.480 e. The number of aromatic nitrogens is 2. The van der Waals surface area contributed by atoms with Crippen LogP contribution in [0.5, 0.6) is 0 Å². The van der Waals surface area contributed by atoms with Gasteiger partial charge in [-0.1, -0.05) is 0 Å². The molecule has 1 amide bonds. The van der Waals surface area contributed by atoms with E-state index in [1.807, 2.05) is 0 Å². The minimum Gasteiger partial charge on any atom is -0.480 e. The second kappa shape index (κ2) is 6.07. The molecule has 120 valence electrons. The van der Waals surface area contributed by atoms with Crippen LogP contribution in [0.4, 0.5) is 5.95 Å². The van der Waals surface area contributed by atoms with Crippen LogP contribution >= 0.6 is 0 Å². The average molecular weight is 316 g/mol. The van der Waals surface area contributed by atoms with Gasteiger partial charge in [0.25, 0.3) is 5.91 Å². The second-order valence-corrected chi connectivity index (χ2v) is 5.28. The van der Waals surface area contributed by atoms with Gasteiger partial charge in [0, 0.05) is 31.0 Å². The van der Waals surface area contributed by atoms with E-state index in [1.165, 1.54) is 11.2 Å². The van der Waals surface area contributed by atoms with Gasteiger partial charge >= 0.3 is 5.97 Å². The molecule has 1 fully saturated rings. The first-order chi connectivity index (χ1) is 11.1. The molecule has 0 saturated carbocycles. The first-order valence-corrected chi connectivity index (χ1v) is 7.17. The number of amides is 1. The third kappa shape index (κ3) is 2.87. The summed E-state index contributed by atoms with van der Waals surface area (Å²) < 4.78 is 5.20. The molecular formula is C15H16N4O4. The molecule has 0 bridgehead atoms. The van der Waals surface area contributed by atoms with Gasteiger partial charge in [0.1, 0.15) is 6.04 Å². The van der Waals surface area contributed by atoms with Crippen molar-refractivity contribution in [3.8, 4) is 0 Å². The number of hydrogen-bond donors (Lipinski definition) is 1. The number of carboxylic acid groups (broad SMARTS) is 1. The van der Waals surface area contributed by atoms with Crippen molar-refractivity contribution in [2.45, 2.75) is 13.0 Å². The summed E-state index contributed by atoms with van der Waals surface area (Å²) in [6.07, 6.45) is 4.62. The summed E-state index contributed by atoms with van der Waals surface area (Å²) in [4.78, 5) is 35.5. The minimum absolute atomic E-state index is 0.130. The third-order valence-electron chi connectivity index (χ3n) is 3.82. The van der Waals surface area contributed by atoms with E-state index in [0.29, 0.717) is 18.1 Å². The molecule has 0 spiro atoms. The maximum atomic E-state index is 12.6. The Bertz CT molecular complexity index is 715. The maximum Gasteiger partial charge on any atom is 0.328 e. The fourth-order valence-corrected chi connectivity index (χ4v) is 2.60. The highest BCUT2D eigenvalue weighted by Gasteiger charge is 2.37. The van der Waals surface area contributed by atoms with Crippen LogP contribution in [-0.4, -0.2) is 57.5 Å². The second-order valence-electron chi connectivity index (χ2n) is 5.28. The summed E-state index contributed by atoms with van der Waals surface area (Å²) in [5.74, 6) is -0.836. The van der Waals surface area contributed by atoms with Crippen molar-refractivity contribution in [3.05, 3.63) is 42.1 Å². The molecule has 23 heavy (non-hydrogen) atoms. The van der Waals surface area contributed by atoms with E-state index < -0.39 is 17.9 Å². The Morgan fingerprint density at radius 2 is 2.04 bits per heavy atom. The van der Waals surface area contributed by atoms with Crippen molar-refractivity contribution in [1.29, 1.82) is 0 Å². The van der Waals surface area contributed by atoms with Crippen molar-refractivity contribution < 1.29 is 19.1 Å². The van der Waals surface area contributed by atoms with Crippen LogP contribution in [0.15, 0.2) is 35.2 Å². The van der Waals surface area contributed by atoms with E-state index in [1.54, 1.807) is 36.4 Å². The van der Waals surface area contributed by atoms with Gasteiger partial charge in [0.15, 0.2) is 5.76 Å². The van der Waals surface area contributed by atoms with Crippen molar-refractivity contribution in [1.82, 2.24) is 14.9 Å². The van der Waals surface area contributed by atoms with Crippen LogP contribution in [-0.2, 0) is 4.79 Å². The quantitative estimate of drug-likeness (QED) is 0.893. The van der Waals surface area contributed by atoms with E-state index in [0.717, 1.165) is 0 Å². The van der Waals surface area contributed by atoms with Gasteiger partial charge in [-0.15, -0.1) is 0 Å². The number of nitrogens with zero attached hydrogens (tertiary/aromatic N) is 4. The molecule has 1 atom stereocenters. The lowest BCUT2D eigenvalue weighted by Gasteiger charge is -2.38. The van der Waals surface area contributed by atoms with Crippen LogP contribution in [0, 0.1) is 6.92 Å². The summed E-state index contributed by atoms with van der Waals surface area (Å²) >= 11 is 0. The molecule has 0 aliphatic carbocycles. The highest BCUT2D eigenvalue weighted by molar-refractivity contribution is 5.95. The first-order valence-electron chi connectivity index (χ1n) is 7.17. The maximum absolute atomic E-state index is 12.6. The molecule has 1 aliphatic rings. The third-order valence-corrected chi connectivity index (χ3v) is 3.82. The molecule has 2 aromatic rings. The molecule has 0 aromatic carbocycles. The molecule has 2 aromatic heterocycles. The molecule has 3 heterocycles. The number of carbonyl (C=O) groups is 2. The number of aryl methyl sites for hydroxylation is 1. The van der Waals surface area contributed by atoms with Crippen molar-refractivity contribution in [2.24, 2.45) is 0 Å². The van der Waals surface area contributed by atoms with E-state index in [4.69, 9.17) is 4.42 Å². The number of rotatable bonds is 3. The number of aliphatic carboxylic acids is 1. The highest BCUT2D eigenvalue weighted by atomic mass is 16.4. The van der Waals surface area contributed by atoms with Crippen molar-refractivity contribution >= 4 is 17.8 Å². The topological polar surface area (TPSA) is 99.8 Å². The predicted octanol–water partition coefficient (Wildman–Crippen LogP) is 0.794. The Morgan fingerprint density at radius 3 is 2.65 bits per heavy atom. The van der Waals surface area contributed by atoms with Crippen LogP contribution in [0.1, 0.15) is 16.1 Å². The molecule has 3 rings (SSSR count). The average Bonchev–Trinajstić information content (AvgIpc) is 3.00. The van der Waals surface area contributed by atoms with E-state index >= 15 is 0 Å². The molecule has 1 saturated heterocycles. The Labute approximate surface area is 132 Å². The van der Waals surface area contributed by atoms with Gasteiger partial charge in [0.2, 0.25) is 5.95 Å². The number of piperazine rings is 1. The lowest BCUT2D eigenvalue weighted by atomic mass is 10.1. The smallest absolute Gasteiger partial charge is 0.328 e. The first kappa shape index (κ1) is 15.0. The minimum atomic E-state index is -1.07. The Morgan fingerprint density at radius 1 is 1.30 bits per heavy atom. The van der Waals surface area contributed by atoms with Gasteiger partial charge in [-0.2, -0.15) is 0 Å². The monoisotopic (exact) mass is 316 g/mol. The summed E-state index contributed by atoms with van der Waals surface area (Å²) in [5.41, 5.74) is 0.688. The van der Waals surface area contributed by atoms with E-state index in [9.17, 15) is 14.7 Å². The lowest BCUT2D eigenvalue weighted by Crippen LogP contribution is -2.58. The summed E-state index contributed by atoms with van der Waals surface area (Å²) in [7, 11) is 0. The molecular weight excluding hydrogens is 300 g/mol. The summed E-state index contributed by atoms with van der Waals surface area (Å²) in [5, 5.41) is 9.50. The number of furan rings is 1. The van der Waals surface area contributed by atoms with Crippen molar-refractivity contribution in [2.75, 3.05) is 24.5 Å². The van der Waals surface area contributed by atoms with E-state index in [-0.39, 0.29) is 18.8 Å². The number of anilines is 1. The SMILES string of the molecule is Cc1ccoc1C(=O)N1CCN(c2ncccn2)CC1C(=O)O. The Balaban J connectivity index is 1.82. The van der Waals surface area contributed by atoms with Crippen LogP contribution in [0.2, 0.25) is 0 Å². The molecule has 1 N–H and O–H groups in total. The molecule has 1 unspecified atom stereocenters. The van der Waals surface area contributed by atoms with Gasteiger partial charge in [-0.05, 0) is 19.1 Å². The fraction of sp³-hybridized carbons (Fsp3) is 0.333. The van der Waals surface area contributed by atoms with Gasteiger partial charge in [0.05, 0.1) is 12.8 Å². The van der Waals surface area contributed by atoms with Gasteiger partial charge in [-0.3, -0.25) is 4.79 Å². The van der Waals surface area contributed by atoms with Crippen molar-refractivity contribution in [3.63, 3.8) is 0 Å². The molecule has 0 radical (unpaired) electrons. The van der Waals surface area contributed by atoms with Crippen LogP contribution < -0.4 is 4.90 Å². The standard InChI is InChI=1S/C15H16N4O4/c1-10-3-8-23-12(10)13(20)19-7-6-18(9-11(19)14(21)22)15-16-4-2-5-17-15/h2-5,8,11H,6-7,9H2,1H3,(H,21,22). The molecule has 8 nitrogen and oxygen atoms in total. The van der Waals surface area contributed by atoms with Gasteiger partial charge < -0.3 is 19.3 Å². The Kier molecular flexibility index (Phi) is 3.96. The van der Waals surface area contributed by atoms with Crippen LogP contribution in [0.3, 0.4) is 0 Å². The van der Waals surface area contributed by atoms with Crippen LogP contribution in [0.25, 0.3) is 0 Å². The number of hydrogen-bond acceptors (Lipinski definition) is 6. The summed E-state index contributed by atoms with van der Waals surface area (Å²) in [6, 6.07) is 2.39. The Hall–Kier alpha value is -2.90. The normalized spacial score (nSPS) is 18.0. The molecule has 8 heteroatoms. The molecule has 1 aliphatic heterocycles. The zero-order valence-electron chi connectivity index (χ0n) is 12.5. The number of carbonyl (C=O) groups excluding carboxylic acids is 1. The zero-order chi connectivity index (χ0) is 16.4. The lowest BCUT2D eigenvalue weighted by molar-refractivity contribution is -0.142. The number of carboxylic acids is 1. The zero-order valence-corrected chi connectivity index (χ0v) is 12.5. The van der Waals surface area contributed by atoms with Gasteiger partial charge in [-0.25, -0.2) is 14.8 Å². The predicted molar refractivity (Wildman–Crippen MR) is 80.2 cm³/mol. The highest BCUT2D eigenvalue weighted by Crippen LogP contribution is 2.19. The summed E-state index contributed by atoms with van der Waals surface area (Å²) in [6.45, 7) is 2.60. The fourth-order valence-electron chi connectivity index (χ4n) is 2.60.